The van der Waals surface area contributed by atoms with Crippen LogP contribution in [0.2, 0.25) is 0 Å². The average molecular weight is 440 g/mol. The molecule has 5 atom stereocenters. The summed E-state index contributed by atoms with van der Waals surface area (Å²) in [5, 5.41) is 24.6. The molecule has 2 aliphatic rings. The quantitative estimate of drug-likeness (QED) is 0.617. The van der Waals surface area contributed by atoms with Gasteiger partial charge < -0.3 is 25.0 Å². The van der Waals surface area contributed by atoms with E-state index in [0.29, 0.717) is 25.7 Å². The van der Waals surface area contributed by atoms with Crippen LogP contribution in [0.4, 0.5) is 0 Å². The maximum absolute atomic E-state index is 12.6. The van der Waals surface area contributed by atoms with Crippen molar-refractivity contribution in [1.82, 2.24) is 5.32 Å². The molecule has 2 aliphatic heterocycles. The van der Waals surface area contributed by atoms with Gasteiger partial charge in [0.2, 0.25) is 5.91 Å². The molecule has 2 saturated heterocycles. The van der Waals surface area contributed by atoms with E-state index >= 15 is 0 Å². The summed E-state index contributed by atoms with van der Waals surface area (Å²) < 4.78 is 12.0. The molecule has 32 heavy (non-hydrogen) atoms. The Morgan fingerprint density at radius 3 is 2.50 bits per heavy atom. The van der Waals surface area contributed by atoms with Gasteiger partial charge in [-0.25, -0.2) is 0 Å². The molecule has 2 aromatic carbocycles. The Hall–Kier alpha value is -2.41. The summed E-state index contributed by atoms with van der Waals surface area (Å²) in [6, 6.07) is 19.1. The Balaban J connectivity index is 1.43. The lowest BCUT2D eigenvalue weighted by molar-refractivity contribution is -0.230. The molecule has 2 fully saturated rings. The summed E-state index contributed by atoms with van der Waals surface area (Å²) in [6.45, 7) is 2.06. The number of amides is 1. The van der Waals surface area contributed by atoms with Crippen molar-refractivity contribution in [1.29, 1.82) is 0 Å². The highest BCUT2D eigenvalue weighted by Gasteiger charge is 2.54. The number of hydrogen-bond acceptors (Lipinski definition) is 5. The van der Waals surface area contributed by atoms with Crippen molar-refractivity contribution in [2.24, 2.45) is 0 Å². The Kier molecular flexibility index (Phi) is 6.84. The van der Waals surface area contributed by atoms with Crippen LogP contribution >= 0.6 is 0 Å². The molecule has 2 heterocycles. The fraction of sp³-hybridized carbons (Fsp3) is 0.500. The zero-order valence-corrected chi connectivity index (χ0v) is 18.6. The zero-order valence-electron chi connectivity index (χ0n) is 18.6. The summed E-state index contributed by atoms with van der Waals surface area (Å²) >= 11 is 0. The summed E-state index contributed by atoms with van der Waals surface area (Å²) in [5.74, 6) is 0.731. The first-order chi connectivity index (χ1) is 15.4. The van der Waals surface area contributed by atoms with Crippen LogP contribution in [0.5, 0.6) is 5.75 Å². The molecule has 172 valence electrons. The molecule has 0 spiro atoms. The third-order valence-corrected chi connectivity index (χ3v) is 6.88. The minimum absolute atomic E-state index is 0.107. The lowest BCUT2D eigenvalue weighted by atomic mass is 9.74. The monoisotopic (exact) mass is 439 g/mol. The van der Waals surface area contributed by atoms with Crippen molar-refractivity contribution < 1.29 is 24.5 Å². The molecule has 1 amide bonds. The Morgan fingerprint density at radius 1 is 1.12 bits per heavy atom. The summed E-state index contributed by atoms with van der Waals surface area (Å²) in [4.78, 5) is 12.6. The number of para-hydroxylation sites is 1. The normalized spacial score (nSPS) is 32.0. The second kappa shape index (κ2) is 9.61. The van der Waals surface area contributed by atoms with Crippen LogP contribution in [0.15, 0.2) is 60.7 Å². The first kappa shape index (κ1) is 22.8. The largest absolute Gasteiger partial charge is 0.493 e. The van der Waals surface area contributed by atoms with Crippen molar-refractivity contribution in [2.75, 3.05) is 13.2 Å². The lowest BCUT2D eigenvalue weighted by Crippen LogP contribution is -2.58. The van der Waals surface area contributed by atoms with Crippen LogP contribution in [0, 0.1) is 0 Å². The highest BCUT2D eigenvalue weighted by molar-refractivity contribution is 5.76. The number of hydrogen-bond donors (Lipinski definition) is 3. The van der Waals surface area contributed by atoms with Gasteiger partial charge in [0, 0.05) is 0 Å². The number of rotatable bonds is 7. The molecule has 3 N–H and O–H groups in total. The molecule has 0 radical (unpaired) electrons. The van der Waals surface area contributed by atoms with E-state index in [1.807, 2.05) is 55.5 Å². The van der Waals surface area contributed by atoms with Gasteiger partial charge in [-0.05, 0) is 56.2 Å². The van der Waals surface area contributed by atoms with E-state index in [4.69, 9.17) is 9.47 Å². The Bertz CT molecular complexity index is 892. The van der Waals surface area contributed by atoms with E-state index < -0.39 is 23.3 Å². The molecule has 4 rings (SSSR count). The van der Waals surface area contributed by atoms with Gasteiger partial charge in [0.25, 0.3) is 0 Å². The maximum atomic E-state index is 12.6. The fourth-order valence-electron chi connectivity index (χ4n) is 5.27. The molecular formula is C26H33NO5. The van der Waals surface area contributed by atoms with Crippen LogP contribution < -0.4 is 10.1 Å². The van der Waals surface area contributed by atoms with Crippen molar-refractivity contribution in [2.45, 2.75) is 68.3 Å². The first-order valence-electron chi connectivity index (χ1n) is 11.4. The van der Waals surface area contributed by atoms with E-state index in [-0.39, 0.29) is 31.5 Å². The number of fused-ring (bicyclic) bond motifs is 2. The van der Waals surface area contributed by atoms with Crippen molar-refractivity contribution in [3.63, 3.8) is 0 Å². The number of benzene rings is 2. The molecule has 6 heteroatoms. The number of aliphatic hydroxyl groups excluding tert-OH is 2. The van der Waals surface area contributed by atoms with Gasteiger partial charge in [-0.15, -0.1) is 0 Å². The van der Waals surface area contributed by atoms with Crippen LogP contribution in [0.1, 0.15) is 50.5 Å². The molecular weight excluding hydrogens is 406 g/mol. The molecule has 0 aliphatic carbocycles. The molecule has 2 bridgehead atoms. The highest BCUT2D eigenvalue weighted by atomic mass is 16.5. The SMILES string of the molecule is C[C@]12C[C@@H](c3ccccc3)C[C@](CO)(CC[C@@H](NC(=O)CCOc3ccccc3)[C@@H]1O)O2. The van der Waals surface area contributed by atoms with Crippen molar-refractivity contribution >= 4 is 5.91 Å². The van der Waals surface area contributed by atoms with Gasteiger partial charge in [0.05, 0.1) is 36.9 Å². The lowest BCUT2D eigenvalue weighted by Gasteiger charge is -2.49. The number of carbonyl (C=O) groups excluding carboxylic acids is 1. The topological polar surface area (TPSA) is 88.0 Å². The third-order valence-electron chi connectivity index (χ3n) is 6.88. The predicted octanol–water partition coefficient (Wildman–Crippen LogP) is 3.18. The van der Waals surface area contributed by atoms with Gasteiger partial charge in [-0.3, -0.25) is 4.79 Å². The maximum Gasteiger partial charge on any atom is 0.223 e. The van der Waals surface area contributed by atoms with Crippen LogP contribution in [-0.4, -0.2) is 52.7 Å². The van der Waals surface area contributed by atoms with Crippen LogP contribution in [0.25, 0.3) is 0 Å². The Labute approximate surface area is 189 Å². The number of aliphatic hydroxyl groups is 2. The van der Waals surface area contributed by atoms with Crippen LogP contribution in [0.3, 0.4) is 0 Å². The molecule has 0 unspecified atom stereocenters. The minimum atomic E-state index is -0.874. The fourth-order valence-corrected chi connectivity index (χ4v) is 5.27. The second-order valence-corrected chi connectivity index (χ2v) is 9.34. The van der Waals surface area contributed by atoms with Crippen molar-refractivity contribution in [3.05, 3.63) is 66.2 Å². The summed E-state index contributed by atoms with van der Waals surface area (Å²) in [5.41, 5.74) is -0.395. The molecule has 6 nitrogen and oxygen atoms in total. The Morgan fingerprint density at radius 2 is 1.81 bits per heavy atom. The number of nitrogens with one attached hydrogen (secondary N) is 1. The third kappa shape index (κ3) is 4.98. The number of carbonyl (C=O) groups is 1. The van der Waals surface area contributed by atoms with Gasteiger partial charge in [-0.1, -0.05) is 48.5 Å². The molecule has 0 aromatic heterocycles. The van der Waals surface area contributed by atoms with E-state index in [1.54, 1.807) is 0 Å². The average Bonchev–Trinajstić information content (AvgIpc) is 2.88. The van der Waals surface area contributed by atoms with E-state index in [2.05, 4.69) is 17.4 Å². The van der Waals surface area contributed by atoms with E-state index in [1.165, 1.54) is 5.56 Å². The summed E-state index contributed by atoms with van der Waals surface area (Å²) in [7, 11) is 0. The van der Waals surface area contributed by atoms with Gasteiger partial charge >= 0.3 is 0 Å². The molecule has 0 saturated carbocycles. The zero-order chi connectivity index (χ0) is 22.6. The predicted molar refractivity (Wildman–Crippen MR) is 121 cm³/mol. The second-order valence-electron chi connectivity index (χ2n) is 9.34. The smallest absolute Gasteiger partial charge is 0.223 e. The van der Waals surface area contributed by atoms with Crippen molar-refractivity contribution in [3.8, 4) is 5.75 Å². The van der Waals surface area contributed by atoms with Gasteiger partial charge in [0.15, 0.2) is 0 Å². The van der Waals surface area contributed by atoms with E-state index in [9.17, 15) is 15.0 Å². The summed E-state index contributed by atoms with van der Waals surface area (Å²) in [6.07, 6.45) is 1.77. The van der Waals surface area contributed by atoms with Gasteiger partial charge in [-0.2, -0.15) is 0 Å². The standard InChI is InChI=1S/C26H33NO5/c1-25-16-20(19-8-4-2-5-9-19)17-26(18-28,32-25)14-12-22(24(25)30)27-23(29)13-15-31-21-10-6-3-7-11-21/h2-11,20,22,24,28,30H,12-18H2,1H3,(H,27,29)/t20-,22-,24+,25+,26+/m1/s1. The minimum Gasteiger partial charge on any atom is -0.493 e. The number of ether oxygens (including phenoxy) is 2. The van der Waals surface area contributed by atoms with Gasteiger partial charge in [0.1, 0.15) is 11.9 Å². The molecule has 2 aromatic rings. The highest BCUT2D eigenvalue weighted by Crippen LogP contribution is 2.49. The van der Waals surface area contributed by atoms with E-state index in [0.717, 1.165) is 5.75 Å². The first-order valence-corrected chi connectivity index (χ1v) is 11.4. The van der Waals surface area contributed by atoms with Crippen LogP contribution in [-0.2, 0) is 9.53 Å².